The first-order valence-corrected chi connectivity index (χ1v) is 7.51. The number of rotatable bonds is 5. The lowest BCUT2D eigenvalue weighted by Crippen LogP contribution is -2.07. The van der Waals surface area contributed by atoms with E-state index in [9.17, 15) is 0 Å². The molecule has 3 nitrogen and oxygen atoms in total. The Morgan fingerprint density at radius 3 is 2.30 bits per heavy atom. The normalized spacial score (nSPS) is 11.0. The van der Waals surface area contributed by atoms with E-state index in [2.05, 4.69) is 50.5 Å². The molecule has 20 heavy (non-hydrogen) atoms. The molecule has 0 amide bonds. The minimum absolute atomic E-state index is 0.813. The maximum atomic E-state index is 6.39. The van der Waals surface area contributed by atoms with Gasteiger partial charge < -0.3 is 10.3 Å². The summed E-state index contributed by atoms with van der Waals surface area (Å²) in [7, 11) is 0. The number of nitrogens with zero attached hydrogens (tertiary/aromatic N) is 2. The van der Waals surface area contributed by atoms with Crippen molar-refractivity contribution in [2.24, 2.45) is 0 Å². The molecule has 2 N–H and O–H groups in total. The summed E-state index contributed by atoms with van der Waals surface area (Å²) in [6, 6.07) is 6.33. The molecule has 0 aliphatic heterocycles. The minimum atomic E-state index is 0.813. The zero-order chi connectivity index (χ0) is 14.7. The van der Waals surface area contributed by atoms with Crippen molar-refractivity contribution >= 4 is 5.82 Å². The summed E-state index contributed by atoms with van der Waals surface area (Å²) in [5.74, 6) is 1.93. The largest absolute Gasteiger partial charge is 0.383 e. The highest BCUT2D eigenvalue weighted by molar-refractivity contribution is 5.76. The fraction of sp³-hybridized carbons (Fsp3) is 0.471. The van der Waals surface area contributed by atoms with Crippen LogP contribution in [0.15, 0.2) is 18.2 Å². The second kappa shape index (κ2) is 6.12. The van der Waals surface area contributed by atoms with Gasteiger partial charge in [0.2, 0.25) is 0 Å². The van der Waals surface area contributed by atoms with Gasteiger partial charge in [-0.3, -0.25) is 0 Å². The number of aryl methyl sites for hydroxylation is 3. The van der Waals surface area contributed by atoms with Crippen molar-refractivity contribution in [3.63, 3.8) is 0 Å². The van der Waals surface area contributed by atoms with E-state index >= 15 is 0 Å². The van der Waals surface area contributed by atoms with E-state index in [4.69, 9.17) is 10.7 Å². The van der Waals surface area contributed by atoms with Crippen molar-refractivity contribution < 1.29 is 0 Å². The van der Waals surface area contributed by atoms with Crippen molar-refractivity contribution in [2.75, 3.05) is 5.73 Å². The van der Waals surface area contributed by atoms with Gasteiger partial charge in [-0.2, -0.15) is 0 Å². The molecular weight excluding hydrogens is 246 g/mol. The van der Waals surface area contributed by atoms with Crippen LogP contribution in [0.5, 0.6) is 0 Å². The Morgan fingerprint density at radius 1 is 1.10 bits per heavy atom. The quantitative estimate of drug-likeness (QED) is 0.889. The third kappa shape index (κ3) is 2.58. The van der Waals surface area contributed by atoms with E-state index in [1.165, 1.54) is 16.7 Å². The summed E-state index contributed by atoms with van der Waals surface area (Å²) in [4.78, 5) is 4.85. The zero-order valence-electron chi connectivity index (χ0n) is 13.0. The molecule has 2 aromatic rings. The number of benzene rings is 1. The van der Waals surface area contributed by atoms with Crippen molar-refractivity contribution in [2.45, 2.75) is 53.5 Å². The highest BCUT2D eigenvalue weighted by Gasteiger charge is 2.17. The Bertz CT molecular complexity index is 576. The van der Waals surface area contributed by atoms with Gasteiger partial charge in [-0.25, -0.2) is 4.98 Å². The molecule has 0 saturated carbocycles. The van der Waals surface area contributed by atoms with Gasteiger partial charge >= 0.3 is 0 Å². The summed E-state index contributed by atoms with van der Waals surface area (Å²) >= 11 is 0. The molecule has 0 atom stereocenters. The van der Waals surface area contributed by atoms with E-state index in [-0.39, 0.29) is 0 Å². The average Bonchev–Trinajstić information content (AvgIpc) is 2.69. The van der Waals surface area contributed by atoms with Gasteiger partial charge in [-0.05, 0) is 37.8 Å². The van der Waals surface area contributed by atoms with E-state index in [0.717, 1.165) is 43.1 Å². The number of hydrogen-bond acceptors (Lipinski definition) is 2. The predicted molar refractivity (Wildman–Crippen MR) is 85.8 cm³/mol. The number of imidazole rings is 1. The lowest BCUT2D eigenvalue weighted by atomic mass is 10.0. The standard InChI is InChI=1S/C17H25N3/c1-5-8-14-19-16(17(18)20(14)11-6-2)15-12(3)9-7-10-13(15)4/h7,9-10H,5-6,8,11,18H2,1-4H3. The smallest absolute Gasteiger partial charge is 0.131 e. The Hall–Kier alpha value is -1.77. The first-order valence-electron chi connectivity index (χ1n) is 7.51. The monoisotopic (exact) mass is 271 g/mol. The lowest BCUT2D eigenvalue weighted by molar-refractivity contribution is 0.637. The molecule has 0 aliphatic rings. The van der Waals surface area contributed by atoms with Gasteiger partial charge in [0.15, 0.2) is 0 Å². The Kier molecular flexibility index (Phi) is 4.48. The van der Waals surface area contributed by atoms with Gasteiger partial charge in [-0.15, -0.1) is 0 Å². The van der Waals surface area contributed by atoms with Crippen molar-refractivity contribution in [1.29, 1.82) is 0 Å². The van der Waals surface area contributed by atoms with Gasteiger partial charge in [-0.1, -0.05) is 32.0 Å². The van der Waals surface area contributed by atoms with Gasteiger partial charge in [0.25, 0.3) is 0 Å². The van der Waals surface area contributed by atoms with Gasteiger partial charge in [0.1, 0.15) is 17.3 Å². The van der Waals surface area contributed by atoms with Crippen LogP contribution in [0.2, 0.25) is 0 Å². The van der Waals surface area contributed by atoms with Crippen LogP contribution in [0.4, 0.5) is 5.82 Å². The summed E-state index contributed by atoms with van der Waals surface area (Å²) < 4.78 is 2.19. The molecule has 0 bridgehead atoms. The molecule has 0 saturated heterocycles. The predicted octanol–water partition coefficient (Wildman–Crippen LogP) is 4.11. The van der Waals surface area contributed by atoms with Gasteiger partial charge in [0.05, 0.1) is 0 Å². The van der Waals surface area contributed by atoms with E-state index in [1.807, 2.05) is 0 Å². The average molecular weight is 271 g/mol. The Labute approximate surface area is 121 Å². The summed E-state index contributed by atoms with van der Waals surface area (Å²) in [6.45, 7) is 9.55. The number of hydrogen-bond donors (Lipinski definition) is 1. The molecule has 0 spiro atoms. The third-order valence-electron chi connectivity index (χ3n) is 3.72. The maximum Gasteiger partial charge on any atom is 0.131 e. The van der Waals surface area contributed by atoms with Gasteiger partial charge in [0, 0.05) is 18.5 Å². The zero-order valence-corrected chi connectivity index (χ0v) is 13.0. The van der Waals surface area contributed by atoms with Crippen LogP contribution in [0.25, 0.3) is 11.3 Å². The molecule has 3 heteroatoms. The second-order valence-electron chi connectivity index (χ2n) is 5.43. The van der Waals surface area contributed by atoms with Crippen LogP contribution in [0, 0.1) is 13.8 Å². The third-order valence-corrected chi connectivity index (χ3v) is 3.72. The lowest BCUT2D eigenvalue weighted by Gasteiger charge is -2.09. The van der Waals surface area contributed by atoms with Crippen molar-refractivity contribution in [3.8, 4) is 11.3 Å². The number of anilines is 1. The maximum absolute atomic E-state index is 6.39. The molecule has 1 heterocycles. The Morgan fingerprint density at radius 2 is 1.75 bits per heavy atom. The fourth-order valence-corrected chi connectivity index (χ4v) is 2.77. The molecular formula is C17H25N3. The highest BCUT2D eigenvalue weighted by atomic mass is 15.1. The van der Waals surface area contributed by atoms with Crippen LogP contribution < -0.4 is 5.73 Å². The summed E-state index contributed by atoms with van der Waals surface area (Å²) in [5.41, 5.74) is 11.0. The number of aromatic nitrogens is 2. The molecule has 2 rings (SSSR count). The summed E-state index contributed by atoms with van der Waals surface area (Å²) in [6.07, 6.45) is 3.14. The van der Waals surface area contributed by atoms with E-state index < -0.39 is 0 Å². The van der Waals surface area contributed by atoms with Crippen molar-refractivity contribution in [1.82, 2.24) is 9.55 Å². The molecule has 1 aromatic carbocycles. The summed E-state index contributed by atoms with van der Waals surface area (Å²) in [5, 5.41) is 0. The second-order valence-corrected chi connectivity index (χ2v) is 5.43. The van der Waals surface area contributed by atoms with E-state index in [0.29, 0.717) is 0 Å². The van der Waals surface area contributed by atoms with Crippen LogP contribution in [-0.4, -0.2) is 9.55 Å². The molecule has 0 fully saturated rings. The fourth-order valence-electron chi connectivity index (χ4n) is 2.77. The van der Waals surface area contributed by atoms with E-state index in [1.54, 1.807) is 0 Å². The first kappa shape index (κ1) is 14.6. The van der Waals surface area contributed by atoms with Crippen molar-refractivity contribution in [3.05, 3.63) is 35.2 Å². The minimum Gasteiger partial charge on any atom is -0.383 e. The van der Waals surface area contributed by atoms with Crippen LogP contribution >= 0.6 is 0 Å². The Balaban J connectivity index is 2.60. The molecule has 0 unspecified atom stereocenters. The molecule has 0 radical (unpaired) electrons. The molecule has 1 aromatic heterocycles. The topological polar surface area (TPSA) is 43.8 Å². The molecule has 108 valence electrons. The first-order chi connectivity index (χ1) is 9.60. The highest BCUT2D eigenvalue weighted by Crippen LogP contribution is 2.32. The number of nitrogen functional groups attached to an aromatic ring is 1. The van der Waals surface area contributed by atoms with Crippen LogP contribution in [0.1, 0.15) is 43.6 Å². The van der Waals surface area contributed by atoms with Crippen LogP contribution in [-0.2, 0) is 13.0 Å². The SMILES string of the molecule is CCCc1nc(-c2c(C)cccc2C)c(N)n1CCC. The van der Waals surface area contributed by atoms with Crippen LogP contribution in [0.3, 0.4) is 0 Å². The number of nitrogens with two attached hydrogens (primary N) is 1. The molecule has 0 aliphatic carbocycles.